The van der Waals surface area contributed by atoms with Crippen molar-refractivity contribution in [1.29, 1.82) is 0 Å². The highest BCUT2D eigenvalue weighted by Gasteiger charge is 2.43. The van der Waals surface area contributed by atoms with Crippen molar-refractivity contribution in [3.63, 3.8) is 0 Å². The van der Waals surface area contributed by atoms with Crippen LogP contribution in [-0.4, -0.2) is 8.07 Å². The molecule has 0 saturated carbocycles. The Labute approximate surface area is 248 Å². The van der Waals surface area contributed by atoms with Crippen LogP contribution in [0.1, 0.15) is 86.0 Å². The molecule has 0 bridgehead atoms. The van der Waals surface area contributed by atoms with Crippen LogP contribution >= 0.6 is 0 Å². The van der Waals surface area contributed by atoms with Crippen LogP contribution in [0.4, 0.5) is 0 Å². The topological polar surface area (TPSA) is 0 Å². The molecule has 0 radical (unpaired) electrons. The van der Waals surface area contributed by atoms with Gasteiger partial charge in [0.05, 0.1) is 8.07 Å². The Hall–Kier alpha value is -3.42. The standard InChI is InChI=1S/C40H44Si/c1-39(2,3)29-19-15-27(16-20-29)31-11-9-13-35-33(31)23-25-37(35)41(7,8)38-26-24-34-32(12-10-14-36(34)38)28-17-21-30(22-18-28)40(4,5)6/h9-26,37-38H,1-8H3. The third-order valence-corrected chi connectivity index (χ3v) is 13.8. The van der Waals surface area contributed by atoms with Crippen LogP contribution in [0.5, 0.6) is 0 Å². The number of hydrogen-bond donors (Lipinski definition) is 0. The van der Waals surface area contributed by atoms with E-state index >= 15 is 0 Å². The second-order valence-corrected chi connectivity index (χ2v) is 19.7. The van der Waals surface area contributed by atoms with Gasteiger partial charge in [0.25, 0.3) is 0 Å². The SMILES string of the molecule is CC(C)(C)c1ccc(-c2cccc3c2C=CC3[Si](C)(C)C2C=Cc3c(-c4ccc(C(C)(C)C)cc4)cccc32)cc1. The molecule has 0 nitrogen and oxygen atoms in total. The van der Waals surface area contributed by atoms with Gasteiger partial charge in [-0.15, -0.1) is 0 Å². The van der Waals surface area contributed by atoms with E-state index in [0.29, 0.717) is 11.1 Å². The van der Waals surface area contributed by atoms with Gasteiger partial charge >= 0.3 is 0 Å². The Morgan fingerprint density at radius 2 is 0.854 bits per heavy atom. The second-order valence-electron chi connectivity index (χ2n) is 14.8. The molecular formula is C40H44Si. The lowest BCUT2D eigenvalue weighted by atomic mass is 9.86. The van der Waals surface area contributed by atoms with Crippen LogP contribution < -0.4 is 0 Å². The zero-order valence-electron chi connectivity index (χ0n) is 26.0. The van der Waals surface area contributed by atoms with Gasteiger partial charge in [0, 0.05) is 0 Å². The van der Waals surface area contributed by atoms with Gasteiger partial charge in [-0.25, -0.2) is 0 Å². The van der Waals surface area contributed by atoms with Crippen LogP contribution in [0.2, 0.25) is 13.1 Å². The molecule has 2 aliphatic rings. The van der Waals surface area contributed by atoms with Gasteiger partial charge in [0.1, 0.15) is 0 Å². The Morgan fingerprint density at radius 3 is 1.20 bits per heavy atom. The van der Waals surface area contributed by atoms with Crippen molar-refractivity contribution in [2.24, 2.45) is 0 Å². The normalized spacial score (nSPS) is 18.0. The molecule has 0 amide bonds. The average Bonchev–Trinajstić information content (AvgIpc) is 3.58. The molecule has 0 N–H and O–H groups in total. The van der Waals surface area contributed by atoms with E-state index in [-0.39, 0.29) is 10.8 Å². The molecule has 0 heterocycles. The van der Waals surface area contributed by atoms with Gasteiger partial charge in [-0.1, -0.05) is 164 Å². The number of rotatable bonds is 4. The van der Waals surface area contributed by atoms with Gasteiger partial charge in [-0.3, -0.25) is 0 Å². The summed E-state index contributed by atoms with van der Waals surface area (Å²) in [5.41, 5.74) is 15.3. The molecule has 208 valence electrons. The molecule has 41 heavy (non-hydrogen) atoms. The minimum atomic E-state index is -1.83. The lowest BCUT2D eigenvalue weighted by molar-refractivity contribution is 0.590. The summed E-state index contributed by atoms with van der Waals surface area (Å²) in [6.45, 7) is 18.9. The fourth-order valence-corrected chi connectivity index (χ4v) is 10.6. The molecule has 0 spiro atoms. The first kappa shape index (κ1) is 27.7. The van der Waals surface area contributed by atoms with E-state index in [1.807, 2.05) is 0 Å². The average molecular weight is 553 g/mol. The maximum absolute atomic E-state index is 2.59. The maximum atomic E-state index is 2.59. The van der Waals surface area contributed by atoms with Gasteiger partial charge < -0.3 is 0 Å². The third kappa shape index (κ3) is 4.89. The summed E-state index contributed by atoms with van der Waals surface area (Å²) < 4.78 is 0. The highest BCUT2D eigenvalue weighted by molar-refractivity contribution is 6.81. The summed E-state index contributed by atoms with van der Waals surface area (Å²) in [7, 11) is -1.83. The van der Waals surface area contributed by atoms with Crippen molar-refractivity contribution in [2.75, 3.05) is 0 Å². The Morgan fingerprint density at radius 1 is 0.488 bits per heavy atom. The van der Waals surface area contributed by atoms with Crippen molar-refractivity contribution in [1.82, 2.24) is 0 Å². The Balaban J connectivity index is 1.32. The third-order valence-electron chi connectivity index (χ3n) is 9.59. The van der Waals surface area contributed by atoms with Gasteiger partial charge in [-0.2, -0.15) is 0 Å². The van der Waals surface area contributed by atoms with E-state index in [0.717, 1.165) is 0 Å². The summed E-state index contributed by atoms with van der Waals surface area (Å²) in [5.74, 6) is 0. The van der Waals surface area contributed by atoms with E-state index in [1.165, 1.54) is 55.6 Å². The van der Waals surface area contributed by atoms with Crippen molar-refractivity contribution in [3.05, 3.63) is 130 Å². The number of fused-ring (bicyclic) bond motifs is 2. The first-order chi connectivity index (χ1) is 19.4. The largest absolute Gasteiger partial charge is 0.0791 e. The fourth-order valence-electron chi connectivity index (χ4n) is 6.97. The Bertz CT molecular complexity index is 1520. The van der Waals surface area contributed by atoms with Crippen molar-refractivity contribution < 1.29 is 0 Å². The van der Waals surface area contributed by atoms with Crippen molar-refractivity contribution in [3.8, 4) is 22.3 Å². The van der Waals surface area contributed by atoms with Crippen molar-refractivity contribution >= 4 is 20.2 Å². The predicted molar refractivity (Wildman–Crippen MR) is 182 cm³/mol. The molecule has 6 rings (SSSR count). The lowest BCUT2D eigenvalue weighted by Gasteiger charge is -2.35. The number of allylic oxidation sites excluding steroid dienone is 2. The van der Waals surface area contributed by atoms with Crippen LogP contribution in [0.3, 0.4) is 0 Å². The molecule has 2 atom stereocenters. The fraction of sp³-hybridized carbons (Fsp3) is 0.300. The van der Waals surface area contributed by atoms with E-state index < -0.39 is 8.07 Å². The molecule has 0 aromatic heterocycles. The van der Waals surface area contributed by atoms with E-state index in [2.05, 4.69) is 164 Å². The quantitative estimate of drug-likeness (QED) is 0.221. The summed E-state index contributed by atoms with van der Waals surface area (Å²) >= 11 is 0. The zero-order chi connectivity index (χ0) is 29.2. The highest BCUT2D eigenvalue weighted by Crippen LogP contribution is 2.49. The minimum Gasteiger partial charge on any atom is -0.0791 e. The molecule has 0 aliphatic heterocycles. The smallest absolute Gasteiger partial charge is 0.0715 e. The van der Waals surface area contributed by atoms with Crippen LogP contribution in [0.25, 0.3) is 34.4 Å². The van der Waals surface area contributed by atoms with Gasteiger partial charge in [0.2, 0.25) is 0 Å². The molecular weight excluding hydrogens is 509 g/mol. The van der Waals surface area contributed by atoms with E-state index in [4.69, 9.17) is 0 Å². The van der Waals surface area contributed by atoms with Crippen LogP contribution in [-0.2, 0) is 10.8 Å². The van der Waals surface area contributed by atoms with Crippen molar-refractivity contribution in [2.45, 2.75) is 76.5 Å². The summed E-state index contributed by atoms with van der Waals surface area (Å²) in [4.78, 5) is 0. The molecule has 1 heteroatoms. The summed E-state index contributed by atoms with van der Waals surface area (Å²) in [6, 6.07) is 32.4. The van der Waals surface area contributed by atoms with Crippen LogP contribution in [0.15, 0.2) is 97.1 Å². The van der Waals surface area contributed by atoms with Crippen LogP contribution in [0, 0.1) is 0 Å². The molecule has 4 aromatic rings. The summed E-state index contributed by atoms with van der Waals surface area (Å²) in [6.07, 6.45) is 9.86. The van der Waals surface area contributed by atoms with E-state index in [9.17, 15) is 0 Å². The second kappa shape index (κ2) is 9.84. The number of benzene rings is 4. The van der Waals surface area contributed by atoms with Gasteiger partial charge in [-0.05, 0) is 77.5 Å². The maximum Gasteiger partial charge on any atom is 0.0715 e. The highest BCUT2D eigenvalue weighted by atomic mass is 28.3. The lowest BCUT2D eigenvalue weighted by Crippen LogP contribution is -2.40. The molecule has 4 aromatic carbocycles. The number of hydrogen-bond acceptors (Lipinski definition) is 0. The first-order valence-corrected chi connectivity index (χ1v) is 18.4. The van der Waals surface area contributed by atoms with Gasteiger partial charge in [0.15, 0.2) is 0 Å². The minimum absolute atomic E-state index is 0.165. The van der Waals surface area contributed by atoms with E-state index in [1.54, 1.807) is 0 Å². The molecule has 0 fully saturated rings. The summed E-state index contributed by atoms with van der Waals surface area (Å²) in [5, 5.41) is 0. The molecule has 2 aliphatic carbocycles. The molecule has 2 unspecified atom stereocenters. The monoisotopic (exact) mass is 552 g/mol. The zero-order valence-corrected chi connectivity index (χ0v) is 27.0. The molecule has 0 saturated heterocycles. The first-order valence-electron chi connectivity index (χ1n) is 15.2. The predicted octanol–water partition coefficient (Wildman–Crippen LogP) is 11.3. The Kier molecular flexibility index (Phi) is 6.66.